The fourth-order valence-electron chi connectivity index (χ4n) is 2.03. The topological polar surface area (TPSA) is 56.3 Å². The third-order valence-corrected chi connectivity index (χ3v) is 3.24. The predicted molar refractivity (Wildman–Crippen MR) is 84.9 cm³/mol. The Kier molecular flexibility index (Phi) is 6.22. The van der Waals surface area contributed by atoms with E-state index in [1.165, 1.54) is 6.42 Å². The lowest BCUT2D eigenvalue weighted by Gasteiger charge is -2.09. The van der Waals surface area contributed by atoms with E-state index in [2.05, 4.69) is 22.2 Å². The van der Waals surface area contributed by atoms with Crippen LogP contribution < -0.4 is 10.1 Å². The summed E-state index contributed by atoms with van der Waals surface area (Å²) in [5.74, 6) is 1.66. The van der Waals surface area contributed by atoms with Crippen LogP contribution in [-0.2, 0) is 4.74 Å². The van der Waals surface area contributed by atoms with E-state index in [0.29, 0.717) is 0 Å². The van der Waals surface area contributed by atoms with E-state index < -0.39 is 0 Å². The Morgan fingerprint density at radius 3 is 2.81 bits per heavy atom. The van der Waals surface area contributed by atoms with Gasteiger partial charge in [0.15, 0.2) is 0 Å². The molecule has 0 saturated carbocycles. The Morgan fingerprint density at radius 2 is 2.00 bits per heavy atom. The molecule has 0 aliphatic heterocycles. The van der Waals surface area contributed by atoms with Crippen molar-refractivity contribution in [3.05, 3.63) is 24.5 Å². The number of anilines is 1. The van der Waals surface area contributed by atoms with Gasteiger partial charge in [-0.25, -0.2) is 9.97 Å². The molecule has 0 spiro atoms. The maximum atomic E-state index is 5.54. The number of fused-ring (bicyclic) bond motifs is 1. The molecule has 0 aliphatic rings. The van der Waals surface area contributed by atoms with Crippen LogP contribution in [0.3, 0.4) is 0 Å². The number of nitrogens with one attached hydrogen (secondary N) is 1. The molecule has 21 heavy (non-hydrogen) atoms. The first kappa shape index (κ1) is 15.5. The number of ether oxygens (including phenoxy) is 2. The predicted octanol–water partition coefficient (Wildman–Crippen LogP) is 3.26. The highest BCUT2D eigenvalue weighted by Gasteiger charge is 2.04. The lowest BCUT2D eigenvalue weighted by Crippen LogP contribution is -2.08. The molecule has 5 nitrogen and oxygen atoms in total. The Bertz CT molecular complexity index is 560. The van der Waals surface area contributed by atoms with Crippen LogP contribution in [0, 0.1) is 0 Å². The summed E-state index contributed by atoms with van der Waals surface area (Å²) in [5, 5.41) is 4.35. The highest BCUT2D eigenvalue weighted by atomic mass is 16.5. The van der Waals surface area contributed by atoms with Crippen molar-refractivity contribution < 1.29 is 9.47 Å². The number of rotatable bonds is 9. The number of methoxy groups -OCH3 is 1. The van der Waals surface area contributed by atoms with Crippen LogP contribution in [0.4, 0.5) is 5.82 Å². The molecule has 0 atom stereocenters. The van der Waals surface area contributed by atoms with E-state index in [0.717, 1.165) is 55.1 Å². The van der Waals surface area contributed by atoms with Gasteiger partial charge in [0, 0.05) is 31.2 Å². The molecule has 0 fully saturated rings. The maximum absolute atomic E-state index is 5.54. The summed E-state index contributed by atoms with van der Waals surface area (Å²) < 4.78 is 10.8. The number of aromatic nitrogens is 2. The van der Waals surface area contributed by atoms with E-state index in [1.54, 1.807) is 13.4 Å². The Balaban J connectivity index is 1.87. The van der Waals surface area contributed by atoms with Gasteiger partial charge in [-0.05, 0) is 25.0 Å². The summed E-state index contributed by atoms with van der Waals surface area (Å²) in [5.41, 5.74) is 0.881. The Morgan fingerprint density at radius 1 is 1.14 bits per heavy atom. The van der Waals surface area contributed by atoms with Crippen LogP contribution in [0.15, 0.2) is 24.5 Å². The maximum Gasteiger partial charge on any atom is 0.137 e. The molecule has 5 heteroatoms. The molecule has 114 valence electrons. The SMILES string of the molecule is CCCCOCCCNc1ncnc2cc(OC)ccc12. The average Bonchev–Trinajstić information content (AvgIpc) is 2.53. The van der Waals surface area contributed by atoms with Gasteiger partial charge in [0.1, 0.15) is 17.9 Å². The van der Waals surface area contributed by atoms with E-state index in [1.807, 2.05) is 18.2 Å². The van der Waals surface area contributed by atoms with Crippen LogP contribution in [0.2, 0.25) is 0 Å². The van der Waals surface area contributed by atoms with Gasteiger partial charge in [0.05, 0.1) is 12.6 Å². The van der Waals surface area contributed by atoms with Crippen LogP contribution in [-0.4, -0.2) is 36.8 Å². The second kappa shape index (κ2) is 8.42. The largest absolute Gasteiger partial charge is 0.497 e. The minimum atomic E-state index is 0.782. The van der Waals surface area contributed by atoms with E-state index in [9.17, 15) is 0 Å². The Labute approximate surface area is 125 Å². The van der Waals surface area contributed by atoms with Gasteiger partial charge in [-0.1, -0.05) is 13.3 Å². The Hall–Kier alpha value is -1.88. The molecular weight excluding hydrogens is 266 g/mol. The molecule has 1 N–H and O–H groups in total. The minimum Gasteiger partial charge on any atom is -0.497 e. The van der Waals surface area contributed by atoms with Crippen LogP contribution >= 0.6 is 0 Å². The highest BCUT2D eigenvalue weighted by molar-refractivity contribution is 5.89. The molecule has 1 heterocycles. The number of nitrogens with zero attached hydrogens (tertiary/aromatic N) is 2. The minimum absolute atomic E-state index is 0.782. The van der Waals surface area contributed by atoms with Crippen molar-refractivity contribution >= 4 is 16.7 Å². The standard InChI is InChI=1S/C16H23N3O2/c1-3-4-9-21-10-5-8-17-16-14-7-6-13(20-2)11-15(14)18-12-19-16/h6-7,11-12H,3-5,8-10H2,1-2H3,(H,17,18,19). The molecule has 0 radical (unpaired) electrons. The van der Waals surface area contributed by atoms with Gasteiger partial charge >= 0.3 is 0 Å². The highest BCUT2D eigenvalue weighted by Crippen LogP contribution is 2.23. The molecule has 0 unspecified atom stereocenters. The smallest absolute Gasteiger partial charge is 0.137 e. The molecule has 0 amide bonds. The lowest BCUT2D eigenvalue weighted by molar-refractivity contribution is 0.131. The lowest BCUT2D eigenvalue weighted by atomic mass is 10.2. The summed E-state index contributed by atoms with van der Waals surface area (Å²) in [7, 11) is 1.65. The molecule has 0 bridgehead atoms. The van der Waals surface area contributed by atoms with Gasteiger partial charge in [0.25, 0.3) is 0 Å². The summed E-state index contributed by atoms with van der Waals surface area (Å²) in [6.07, 6.45) is 4.84. The third-order valence-electron chi connectivity index (χ3n) is 3.24. The van der Waals surface area contributed by atoms with Gasteiger partial charge < -0.3 is 14.8 Å². The first-order valence-electron chi connectivity index (χ1n) is 7.45. The molecule has 1 aromatic carbocycles. The van der Waals surface area contributed by atoms with Crippen molar-refractivity contribution in [3.63, 3.8) is 0 Å². The van der Waals surface area contributed by atoms with Crippen molar-refractivity contribution in [1.29, 1.82) is 0 Å². The van der Waals surface area contributed by atoms with Crippen molar-refractivity contribution in [2.45, 2.75) is 26.2 Å². The van der Waals surface area contributed by atoms with Crippen LogP contribution in [0.25, 0.3) is 10.9 Å². The molecular formula is C16H23N3O2. The zero-order valence-corrected chi connectivity index (χ0v) is 12.8. The third kappa shape index (κ3) is 4.56. The zero-order valence-electron chi connectivity index (χ0n) is 12.8. The first-order chi connectivity index (χ1) is 10.3. The van der Waals surface area contributed by atoms with Gasteiger partial charge in [-0.15, -0.1) is 0 Å². The van der Waals surface area contributed by atoms with Crippen molar-refractivity contribution in [1.82, 2.24) is 9.97 Å². The van der Waals surface area contributed by atoms with Crippen LogP contribution in [0.5, 0.6) is 5.75 Å². The summed E-state index contributed by atoms with van der Waals surface area (Å²) >= 11 is 0. The van der Waals surface area contributed by atoms with E-state index in [-0.39, 0.29) is 0 Å². The molecule has 2 aromatic rings. The summed E-state index contributed by atoms with van der Waals surface area (Å²) in [6.45, 7) is 4.64. The molecule has 1 aromatic heterocycles. The normalized spacial score (nSPS) is 10.8. The first-order valence-corrected chi connectivity index (χ1v) is 7.45. The van der Waals surface area contributed by atoms with Crippen LogP contribution in [0.1, 0.15) is 26.2 Å². The molecule has 0 aliphatic carbocycles. The van der Waals surface area contributed by atoms with Gasteiger partial charge in [-0.3, -0.25) is 0 Å². The monoisotopic (exact) mass is 289 g/mol. The fraction of sp³-hybridized carbons (Fsp3) is 0.500. The number of hydrogen-bond acceptors (Lipinski definition) is 5. The average molecular weight is 289 g/mol. The van der Waals surface area contributed by atoms with Crippen molar-refractivity contribution in [2.24, 2.45) is 0 Å². The van der Waals surface area contributed by atoms with E-state index in [4.69, 9.17) is 9.47 Å². The number of unbranched alkanes of at least 4 members (excludes halogenated alkanes) is 1. The summed E-state index contributed by atoms with van der Waals surface area (Å²) in [6, 6.07) is 5.81. The fourth-order valence-corrected chi connectivity index (χ4v) is 2.03. The quantitative estimate of drug-likeness (QED) is 0.718. The number of benzene rings is 1. The second-order valence-corrected chi connectivity index (χ2v) is 4.85. The van der Waals surface area contributed by atoms with Gasteiger partial charge in [-0.2, -0.15) is 0 Å². The van der Waals surface area contributed by atoms with Crippen molar-refractivity contribution in [3.8, 4) is 5.75 Å². The van der Waals surface area contributed by atoms with E-state index >= 15 is 0 Å². The number of hydrogen-bond donors (Lipinski definition) is 1. The molecule has 2 rings (SSSR count). The van der Waals surface area contributed by atoms with Gasteiger partial charge in [0.2, 0.25) is 0 Å². The summed E-state index contributed by atoms with van der Waals surface area (Å²) in [4.78, 5) is 8.58. The zero-order chi connectivity index (χ0) is 14.9. The molecule has 0 saturated heterocycles. The second-order valence-electron chi connectivity index (χ2n) is 4.85. The van der Waals surface area contributed by atoms with Crippen molar-refractivity contribution in [2.75, 3.05) is 32.2 Å².